The molecule has 0 radical (unpaired) electrons. The molecule has 7 heteroatoms. The molecule has 0 saturated carbocycles. The van der Waals surface area contributed by atoms with Gasteiger partial charge in [0.2, 0.25) is 0 Å². The van der Waals surface area contributed by atoms with Gasteiger partial charge in [-0.2, -0.15) is 0 Å². The minimum Gasteiger partial charge on any atom is -0.359 e. The summed E-state index contributed by atoms with van der Waals surface area (Å²) in [7, 11) is 1.52. The van der Waals surface area contributed by atoms with Gasteiger partial charge < -0.3 is 20.8 Å². The van der Waals surface area contributed by atoms with E-state index < -0.39 is 0 Å². The number of amides is 2. The first-order chi connectivity index (χ1) is 10.5. The third-order valence-corrected chi connectivity index (χ3v) is 3.67. The Morgan fingerprint density at radius 1 is 1.41 bits per heavy atom. The van der Waals surface area contributed by atoms with Gasteiger partial charge in [0.25, 0.3) is 0 Å². The molecule has 22 heavy (non-hydrogen) atoms. The standard InChI is InChI=1S/C15H16N6O/c1-15(2)9-7-5-6-8-10(9)21-13(19-15)11(12(16-3)20-21)18-14(22)17-4/h5-8,19H,1-2,4H3,(H2,17,18,22). The molecule has 0 atom stereocenters. The number of rotatable bonds is 1. The van der Waals surface area contributed by atoms with Gasteiger partial charge in [-0.15, -0.1) is 4.68 Å². The van der Waals surface area contributed by atoms with E-state index in [0.29, 0.717) is 11.5 Å². The molecule has 0 saturated heterocycles. The summed E-state index contributed by atoms with van der Waals surface area (Å²) in [5, 5.41) is 12.8. The third kappa shape index (κ3) is 1.97. The van der Waals surface area contributed by atoms with E-state index in [0.717, 1.165) is 11.3 Å². The fourth-order valence-corrected chi connectivity index (χ4v) is 2.62. The molecule has 0 fully saturated rings. The Labute approximate surface area is 128 Å². The van der Waals surface area contributed by atoms with E-state index in [1.165, 1.54) is 7.05 Å². The average molecular weight is 296 g/mol. The Hall–Kier alpha value is -3.01. The molecular weight excluding hydrogens is 280 g/mol. The molecule has 1 aromatic heterocycles. The monoisotopic (exact) mass is 296 g/mol. The van der Waals surface area contributed by atoms with Gasteiger partial charge in [0, 0.05) is 12.6 Å². The molecule has 3 N–H and O–H groups in total. The summed E-state index contributed by atoms with van der Waals surface area (Å²) in [4.78, 5) is 15.1. The van der Waals surface area contributed by atoms with Crippen molar-refractivity contribution in [3.63, 3.8) is 0 Å². The number of carbonyl (C=O) groups excluding carboxylic acids is 1. The SMILES string of the molecule is [C-]#[N+]c1nn2c(c1NC(=O)NC)NC(C)(C)c1ccccc1-2. The molecule has 7 nitrogen and oxygen atoms in total. The minimum atomic E-state index is -0.390. The van der Waals surface area contributed by atoms with Crippen molar-refractivity contribution in [2.75, 3.05) is 17.7 Å². The Bertz CT molecular complexity index is 799. The zero-order valence-corrected chi connectivity index (χ0v) is 12.6. The van der Waals surface area contributed by atoms with E-state index in [-0.39, 0.29) is 17.4 Å². The van der Waals surface area contributed by atoms with Crippen molar-refractivity contribution in [2.24, 2.45) is 0 Å². The number of nitrogens with one attached hydrogen (secondary N) is 3. The van der Waals surface area contributed by atoms with Crippen LogP contribution < -0.4 is 16.0 Å². The van der Waals surface area contributed by atoms with Crippen molar-refractivity contribution in [2.45, 2.75) is 19.4 Å². The second kappa shape index (κ2) is 4.77. The van der Waals surface area contributed by atoms with Crippen molar-refractivity contribution in [3.8, 4) is 5.69 Å². The second-order valence-corrected chi connectivity index (χ2v) is 5.54. The van der Waals surface area contributed by atoms with Gasteiger partial charge in [0.05, 0.1) is 11.2 Å². The molecule has 3 rings (SSSR count). The van der Waals surface area contributed by atoms with Crippen LogP contribution in [0, 0.1) is 6.57 Å². The summed E-state index contributed by atoms with van der Waals surface area (Å²) in [5.41, 5.74) is 2.02. The van der Waals surface area contributed by atoms with E-state index in [1.807, 2.05) is 38.1 Å². The number of anilines is 2. The molecule has 1 aliphatic heterocycles. The van der Waals surface area contributed by atoms with Crippen molar-refractivity contribution in [3.05, 3.63) is 41.2 Å². The van der Waals surface area contributed by atoms with E-state index in [1.54, 1.807) is 4.68 Å². The first-order valence-electron chi connectivity index (χ1n) is 6.85. The van der Waals surface area contributed by atoms with Crippen molar-refractivity contribution >= 4 is 23.4 Å². The van der Waals surface area contributed by atoms with Gasteiger partial charge in [-0.05, 0) is 25.0 Å². The fraction of sp³-hybridized carbons (Fsp3) is 0.267. The highest BCUT2D eigenvalue weighted by Gasteiger charge is 2.35. The van der Waals surface area contributed by atoms with Crippen LogP contribution in [0.1, 0.15) is 19.4 Å². The zero-order valence-electron chi connectivity index (χ0n) is 12.6. The Balaban J connectivity index is 2.23. The third-order valence-electron chi connectivity index (χ3n) is 3.67. The number of para-hydroxylation sites is 1. The molecule has 0 spiro atoms. The summed E-state index contributed by atoms with van der Waals surface area (Å²) in [6.45, 7) is 11.4. The summed E-state index contributed by atoms with van der Waals surface area (Å²) in [6.07, 6.45) is 0. The van der Waals surface area contributed by atoms with Crippen molar-refractivity contribution < 1.29 is 4.79 Å². The minimum absolute atomic E-state index is 0.151. The molecular formula is C15H16N6O. The molecule has 0 bridgehead atoms. The van der Waals surface area contributed by atoms with Gasteiger partial charge in [0.1, 0.15) is 5.69 Å². The van der Waals surface area contributed by atoms with Gasteiger partial charge in [0.15, 0.2) is 5.82 Å². The van der Waals surface area contributed by atoms with Gasteiger partial charge >= 0.3 is 11.8 Å². The maximum Gasteiger partial charge on any atom is 0.321 e. The Kier molecular flexibility index (Phi) is 3.03. The van der Waals surface area contributed by atoms with Crippen LogP contribution in [0.5, 0.6) is 0 Å². The normalized spacial score (nSPS) is 14.1. The predicted octanol–water partition coefficient (Wildman–Crippen LogP) is 2.83. The molecule has 2 aromatic rings. The van der Waals surface area contributed by atoms with Crippen LogP contribution in [0.2, 0.25) is 0 Å². The first kappa shape index (κ1) is 13.9. The van der Waals surface area contributed by atoms with Crippen LogP contribution in [0.4, 0.5) is 22.1 Å². The largest absolute Gasteiger partial charge is 0.359 e. The number of urea groups is 1. The molecule has 1 aromatic carbocycles. The Morgan fingerprint density at radius 3 is 2.82 bits per heavy atom. The smallest absolute Gasteiger partial charge is 0.321 e. The zero-order chi connectivity index (χ0) is 15.9. The highest BCUT2D eigenvalue weighted by molar-refractivity contribution is 5.97. The van der Waals surface area contributed by atoms with Crippen LogP contribution >= 0.6 is 0 Å². The fourth-order valence-electron chi connectivity index (χ4n) is 2.62. The van der Waals surface area contributed by atoms with Crippen molar-refractivity contribution in [1.82, 2.24) is 15.1 Å². The van der Waals surface area contributed by atoms with E-state index in [4.69, 9.17) is 6.57 Å². The van der Waals surface area contributed by atoms with E-state index in [2.05, 4.69) is 25.9 Å². The van der Waals surface area contributed by atoms with Crippen LogP contribution in [-0.4, -0.2) is 22.9 Å². The highest BCUT2D eigenvalue weighted by atomic mass is 16.2. The molecule has 2 amide bonds. The number of carbonyl (C=O) groups is 1. The maximum atomic E-state index is 11.7. The second-order valence-electron chi connectivity index (χ2n) is 5.54. The average Bonchev–Trinajstić information content (AvgIpc) is 2.84. The molecule has 112 valence electrons. The number of nitrogens with zero attached hydrogens (tertiary/aromatic N) is 3. The quantitative estimate of drug-likeness (QED) is 0.708. The van der Waals surface area contributed by atoms with Gasteiger partial charge in [-0.25, -0.2) is 4.79 Å². The maximum absolute atomic E-state index is 11.7. The van der Waals surface area contributed by atoms with Crippen LogP contribution in [-0.2, 0) is 5.54 Å². The summed E-state index contributed by atoms with van der Waals surface area (Å²) in [5.74, 6) is 0.761. The Morgan fingerprint density at radius 2 is 2.14 bits per heavy atom. The van der Waals surface area contributed by atoms with Crippen LogP contribution in [0.3, 0.4) is 0 Å². The number of fused-ring (bicyclic) bond motifs is 3. The highest BCUT2D eigenvalue weighted by Crippen LogP contribution is 2.43. The molecule has 0 aliphatic carbocycles. The van der Waals surface area contributed by atoms with E-state index >= 15 is 0 Å². The topological polar surface area (TPSA) is 75.3 Å². The lowest BCUT2D eigenvalue weighted by atomic mass is 9.91. The molecule has 1 aliphatic rings. The molecule has 0 unspecified atom stereocenters. The van der Waals surface area contributed by atoms with Crippen molar-refractivity contribution in [1.29, 1.82) is 0 Å². The summed E-state index contributed by atoms with van der Waals surface area (Å²) >= 11 is 0. The van der Waals surface area contributed by atoms with Crippen LogP contribution in [0.15, 0.2) is 24.3 Å². The van der Waals surface area contributed by atoms with Crippen LogP contribution in [0.25, 0.3) is 10.5 Å². The number of hydrogen-bond donors (Lipinski definition) is 3. The number of aromatic nitrogens is 2. The number of hydrogen-bond acceptors (Lipinski definition) is 3. The lowest BCUT2D eigenvalue weighted by Gasteiger charge is -2.34. The van der Waals surface area contributed by atoms with Gasteiger partial charge in [-0.1, -0.05) is 24.8 Å². The summed E-state index contributed by atoms with van der Waals surface area (Å²) in [6, 6.07) is 7.48. The number of benzene rings is 1. The summed E-state index contributed by atoms with van der Waals surface area (Å²) < 4.78 is 1.67. The predicted molar refractivity (Wildman–Crippen MR) is 84.6 cm³/mol. The molecule has 2 heterocycles. The lowest BCUT2D eigenvalue weighted by molar-refractivity contribution is 0.254. The van der Waals surface area contributed by atoms with Gasteiger partial charge in [-0.3, -0.25) is 0 Å². The van der Waals surface area contributed by atoms with E-state index in [9.17, 15) is 4.79 Å². The first-order valence-corrected chi connectivity index (χ1v) is 6.85. The lowest BCUT2D eigenvalue weighted by Crippen LogP contribution is -2.35.